The van der Waals surface area contributed by atoms with E-state index in [2.05, 4.69) is 17.4 Å². The Kier molecular flexibility index (Phi) is 7.63. The van der Waals surface area contributed by atoms with Crippen LogP contribution in [0.25, 0.3) is 11.1 Å². The average Bonchev–Trinajstić information content (AvgIpc) is 3.22. The van der Waals surface area contributed by atoms with Crippen LogP contribution >= 0.6 is 0 Å². The standard InChI is InChI=1S/C28H29NO7/c1-33-24-15-13-17(25(34-2)26(24)35-3)12-14-23(27(30)31)29-28(32)36-16-22-20-10-6-4-8-18(20)19-9-5-7-11-21(19)22/h4-11,13,15,22-23H,12,14,16H2,1-3H3,(H,29,32)(H,30,31)/t23-/m1/s1. The van der Waals surface area contributed by atoms with Crippen LogP contribution in [0.3, 0.4) is 0 Å². The van der Waals surface area contributed by atoms with Gasteiger partial charge in [0.05, 0.1) is 21.3 Å². The van der Waals surface area contributed by atoms with Gasteiger partial charge in [-0.15, -0.1) is 0 Å². The molecular weight excluding hydrogens is 462 g/mol. The Bertz CT molecular complexity index is 1210. The molecule has 36 heavy (non-hydrogen) atoms. The molecule has 1 atom stereocenters. The minimum absolute atomic E-state index is 0.107. The lowest BCUT2D eigenvalue weighted by Gasteiger charge is -2.19. The first-order chi connectivity index (χ1) is 17.5. The second kappa shape index (κ2) is 11.0. The average molecular weight is 492 g/mol. The van der Waals surface area contributed by atoms with Crippen LogP contribution in [-0.4, -0.2) is 51.1 Å². The first kappa shape index (κ1) is 24.9. The van der Waals surface area contributed by atoms with Crippen molar-refractivity contribution in [2.24, 2.45) is 0 Å². The third-order valence-electron chi connectivity index (χ3n) is 6.42. The minimum Gasteiger partial charge on any atom is -0.493 e. The second-order valence-electron chi connectivity index (χ2n) is 8.39. The molecule has 0 saturated carbocycles. The summed E-state index contributed by atoms with van der Waals surface area (Å²) >= 11 is 0. The van der Waals surface area contributed by atoms with Crippen molar-refractivity contribution in [3.63, 3.8) is 0 Å². The Labute approximate surface area is 209 Å². The van der Waals surface area contributed by atoms with Crippen molar-refractivity contribution < 1.29 is 33.6 Å². The number of alkyl carbamates (subject to hydrolysis) is 1. The van der Waals surface area contributed by atoms with Crippen LogP contribution in [0.2, 0.25) is 0 Å². The molecule has 0 saturated heterocycles. The monoisotopic (exact) mass is 491 g/mol. The van der Waals surface area contributed by atoms with E-state index < -0.39 is 18.1 Å². The molecule has 0 heterocycles. The van der Waals surface area contributed by atoms with Crippen molar-refractivity contribution in [1.82, 2.24) is 5.32 Å². The fourth-order valence-corrected chi connectivity index (χ4v) is 4.70. The topological polar surface area (TPSA) is 103 Å². The maximum absolute atomic E-state index is 12.6. The van der Waals surface area contributed by atoms with E-state index in [4.69, 9.17) is 18.9 Å². The number of benzene rings is 3. The van der Waals surface area contributed by atoms with Gasteiger partial charge in [-0.2, -0.15) is 0 Å². The second-order valence-corrected chi connectivity index (χ2v) is 8.39. The van der Waals surface area contributed by atoms with Crippen LogP contribution < -0.4 is 19.5 Å². The van der Waals surface area contributed by atoms with Gasteiger partial charge in [0.25, 0.3) is 0 Å². The Morgan fingerprint density at radius 2 is 1.47 bits per heavy atom. The van der Waals surface area contributed by atoms with E-state index in [9.17, 15) is 14.7 Å². The largest absolute Gasteiger partial charge is 0.493 e. The highest BCUT2D eigenvalue weighted by Crippen LogP contribution is 2.44. The van der Waals surface area contributed by atoms with E-state index in [1.165, 1.54) is 21.3 Å². The molecule has 0 fully saturated rings. The third-order valence-corrected chi connectivity index (χ3v) is 6.42. The molecule has 1 aliphatic carbocycles. The number of aliphatic carboxylic acids is 1. The zero-order chi connectivity index (χ0) is 25.7. The van der Waals surface area contributed by atoms with Crippen molar-refractivity contribution >= 4 is 12.1 Å². The van der Waals surface area contributed by atoms with Crippen LogP contribution in [0, 0.1) is 0 Å². The maximum Gasteiger partial charge on any atom is 0.407 e. The zero-order valence-corrected chi connectivity index (χ0v) is 20.4. The summed E-state index contributed by atoms with van der Waals surface area (Å²) in [7, 11) is 4.53. The first-order valence-electron chi connectivity index (χ1n) is 11.6. The highest BCUT2D eigenvalue weighted by molar-refractivity contribution is 5.81. The number of hydrogen-bond donors (Lipinski definition) is 2. The number of fused-ring (bicyclic) bond motifs is 3. The van der Waals surface area contributed by atoms with Crippen molar-refractivity contribution in [3.05, 3.63) is 77.4 Å². The van der Waals surface area contributed by atoms with Gasteiger partial charge >= 0.3 is 12.1 Å². The number of carboxylic acids is 1. The highest BCUT2D eigenvalue weighted by Gasteiger charge is 2.30. The van der Waals surface area contributed by atoms with Crippen LogP contribution in [0.1, 0.15) is 29.0 Å². The fraction of sp³-hybridized carbons (Fsp3) is 0.286. The predicted octanol–water partition coefficient (Wildman–Crippen LogP) is 4.64. The number of nitrogens with one attached hydrogen (secondary N) is 1. The van der Waals surface area contributed by atoms with Gasteiger partial charge in [-0.25, -0.2) is 9.59 Å². The van der Waals surface area contributed by atoms with Crippen LogP contribution in [0.4, 0.5) is 4.79 Å². The number of methoxy groups -OCH3 is 3. The van der Waals surface area contributed by atoms with Crippen molar-refractivity contribution in [1.29, 1.82) is 0 Å². The van der Waals surface area contributed by atoms with E-state index in [1.54, 1.807) is 12.1 Å². The molecule has 3 aromatic rings. The molecule has 0 unspecified atom stereocenters. The molecule has 3 aromatic carbocycles. The maximum atomic E-state index is 12.6. The summed E-state index contributed by atoms with van der Waals surface area (Å²) in [6.07, 6.45) is -0.321. The summed E-state index contributed by atoms with van der Waals surface area (Å²) < 4.78 is 21.7. The Hall–Kier alpha value is -4.20. The highest BCUT2D eigenvalue weighted by atomic mass is 16.5. The molecule has 1 aliphatic rings. The number of carbonyl (C=O) groups is 2. The van der Waals surface area contributed by atoms with Gasteiger partial charge < -0.3 is 29.4 Å². The quantitative estimate of drug-likeness (QED) is 0.426. The summed E-state index contributed by atoms with van der Waals surface area (Å²) in [5, 5.41) is 12.2. The number of hydrogen-bond acceptors (Lipinski definition) is 6. The van der Waals surface area contributed by atoms with E-state index >= 15 is 0 Å². The predicted molar refractivity (Wildman–Crippen MR) is 134 cm³/mol. The molecule has 8 heteroatoms. The summed E-state index contributed by atoms with van der Waals surface area (Å²) in [5.41, 5.74) is 5.14. The molecule has 4 rings (SSSR count). The van der Waals surface area contributed by atoms with Gasteiger partial charge in [0.2, 0.25) is 5.75 Å². The van der Waals surface area contributed by atoms with Gasteiger partial charge in [-0.3, -0.25) is 0 Å². The minimum atomic E-state index is -1.15. The molecule has 0 spiro atoms. The molecule has 0 radical (unpaired) electrons. The summed E-state index contributed by atoms with van der Waals surface area (Å²) in [6, 6.07) is 18.4. The summed E-state index contributed by atoms with van der Waals surface area (Å²) in [6.45, 7) is 0.107. The molecule has 0 aliphatic heterocycles. The van der Waals surface area contributed by atoms with Crippen molar-refractivity contribution in [3.8, 4) is 28.4 Å². The Morgan fingerprint density at radius 3 is 2.03 bits per heavy atom. The third kappa shape index (κ3) is 4.93. The smallest absolute Gasteiger partial charge is 0.407 e. The number of amides is 1. The van der Waals surface area contributed by atoms with E-state index in [1.807, 2.05) is 36.4 Å². The molecule has 8 nitrogen and oxygen atoms in total. The first-order valence-corrected chi connectivity index (χ1v) is 11.6. The Morgan fingerprint density at radius 1 is 0.861 bits per heavy atom. The van der Waals surface area contributed by atoms with E-state index in [-0.39, 0.29) is 18.9 Å². The summed E-state index contributed by atoms with van der Waals surface area (Å²) in [4.78, 5) is 24.5. The van der Waals surface area contributed by atoms with Crippen LogP contribution in [0.5, 0.6) is 17.2 Å². The molecule has 0 bridgehead atoms. The normalized spacial score (nSPS) is 12.8. The van der Waals surface area contributed by atoms with Gasteiger partial charge in [-0.05, 0) is 46.7 Å². The van der Waals surface area contributed by atoms with Gasteiger partial charge in [0, 0.05) is 5.92 Å². The molecule has 2 N–H and O–H groups in total. The van der Waals surface area contributed by atoms with Crippen molar-refractivity contribution in [2.75, 3.05) is 27.9 Å². The SMILES string of the molecule is COc1ccc(CC[C@@H](NC(=O)OCC2c3ccccc3-c3ccccc32)C(=O)O)c(OC)c1OC. The Balaban J connectivity index is 1.41. The van der Waals surface area contributed by atoms with Gasteiger partial charge in [-0.1, -0.05) is 54.6 Å². The lowest BCUT2D eigenvalue weighted by molar-refractivity contribution is -0.139. The molecule has 1 amide bonds. The molecule has 188 valence electrons. The number of carbonyl (C=O) groups excluding carboxylic acids is 1. The molecular formula is C28H29NO7. The number of aryl methyl sites for hydroxylation is 1. The zero-order valence-electron chi connectivity index (χ0n) is 20.4. The fourth-order valence-electron chi connectivity index (χ4n) is 4.70. The van der Waals surface area contributed by atoms with E-state index in [0.717, 1.165) is 27.8 Å². The number of ether oxygens (including phenoxy) is 4. The number of rotatable bonds is 10. The number of carboxylic acid groups (broad SMARTS) is 1. The van der Waals surface area contributed by atoms with Crippen LogP contribution in [0.15, 0.2) is 60.7 Å². The van der Waals surface area contributed by atoms with Crippen molar-refractivity contribution in [2.45, 2.75) is 24.8 Å². The summed E-state index contributed by atoms with van der Waals surface area (Å²) in [5.74, 6) is 0.131. The van der Waals surface area contributed by atoms with Crippen LogP contribution in [-0.2, 0) is 16.0 Å². The lowest BCUT2D eigenvalue weighted by Crippen LogP contribution is -2.41. The van der Waals surface area contributed by atoms with E-state index in [0.29, 0.717) is 23.7 Å². The lowest BCUT2D eigenvalue weighted by atomic mass is 9.98. The molecule has 0 aromatic heterocycles. The van der Waals surface area contributed by atoms with Gasteiger partial charge in [0.15, 0.2) is 11.5 Å². The van der Waals surface area contributed by atoms with Gasteiger partial charge in [0.1, 0.15) is 12.6 Å².